The molecule has 1 aromatic heterocycles. The maximum Gasteiger partial charge on any atom is 0.289 e. The number of hydrogen-bond acceptors (Lipinski definition) is 2. The summed E-state index contributed by atoms with van der Waals surface area (Å²) in [5, 5.41) is 0. The molecule has 1 aromatic rings. The lowest BCUT2D eigenvalue weighted by atomic mass is 10.2. The SMILES string of the molecule is CC(=O)C(=O)N(C)CCc1cc[nH]c1. The number of carbonyl (C=O) groups excluding carboxylic acids is 2. The Balaban J connectivity index is 2.38. The predicted octanol–water partition coefficient (Wildman–Crippen LogP) is 0.605. The van der Waals surface area contributed by atoms with E-state index in [2.05, 4.69) is 4.98 Å². The number of carbonyl (C=O) groups is 2. The number of aromatic nitrogens is 1. The molecule has 0 spiro atoms. The molecule has 0 unspecified atom stereocenters. The minimum Gasteiger partial charge on any atom is -0.367 e. The van der Waals surface area contributed by atoms with Gasteiger partial charge in [-0.25, -0.2) is 0 Å². The number of Topliss-reactive ketones (excluding diaryl/α,β-unsaturated/α-hetero) is 1. The second-order valence-corrected chi connectivity index (χ2v) is 3.25. The second kappa shape index (κ2) is 4.60. The van der Waals surface area contributed by atoms with Crippen LogP contribution < -0.4 is 0 Å². The van der Waals surface area contributed by atoms with Crippen LogP contribution in [0.4, 0.5) is 0 Å². The number of ketones is 1. The molecule has 76 valence electrons. The van der Waals surface area contributed by atoms with Gasteiger partial charge in [0, 0.05) is 32.9 Å². The van der Waals surface area contributed by atoms with E-state index in [-0.39, 0.29) is 0 Å². The van der Waals surface area contributed by atoms with Crippen LogP contribution in [0.15, 0.2) is 18.5 Å². The Labute approximate surface area is 82.9 Å². The molecule has 0 bridgehead atoms. The van der Waals surface area contributed by atoms with E-state index >= 15 is 0 Å². The van der Waals surface area contributed by atoms with Crippen LogP contribution in [0.25, 0.3) is 0 Å². The van der Waals surface area contributed by atoms with E-state index in [9.17, 15) is 9.59 Å². The van der Waals surface area contributed by atoms with E-state index in [1.807, 2.05) is 18.5 Å². The van der Waals surface area contributed by atoms with Crippen molar-refractivity contribution in [3.8, 4) is 0 Å². The number of rotatable bonds is 4. The highest BCUT2D eigenvalue weighted by Gasteiger charge is 2.12. The highest BCUT2D eigenvalue weighted by Crippen LogP contribution is 1.99. The van der Waals surface area contributed by atoms with Gasteiger partial charge in [0.15, 0.2) is 0 Å². The lowest BCUT2D eigenvalue weighted by molar-refractivity contribution is -0.142. The van der Waals surface area contributed by atoms with Gasteiger partial charge in [-0.2, -0.15) is 0 Å². The lowest BCUT2D eigenvalue weighted by Gasteiger charge is -2.14. The van der Waals surface area contributed by atoms with E-state index in [1.165, 1.54) is 11.8 Å². The van der Waals surface area contributed by atoms with E-state index < -0.39 is 11.7 Å². The van der Waals surface area contributed by atoms with Crippen LogP contribution in [0.2, 0.25) is 0 Å². The van der Waals surface area contributed by atoms with Gasteiger partial charge >= 0.3 is 0 Å². The molecule has 1 amide bonds. The number of aromatic amines is 1. The van der Waals surface area contributed by atoms with Gasteiger partial charge in [0.05, 0.1) is 0 Å². The molecule has 14 heavy (non-hydrogen) atoms. The highest BCUT2D eigenvalue weighted by molar-refractivity contribution is 6.34. The van der Waals surface area contributed by atoms with Crippen molar-refractivity contribution in [2.75, 3.05) is 13.6 Å². The van der Waals surface area contributed by atoms with Gasteiger partial charge < -0.3 is 9.88 Å². The first-order chi connectivity index (χ1) is 6.61. The smallest absolute Gasteiger partial charge is 0.289 e. The third kappa shape index (κ3) is 2.73. The van der Waals surface area contributed by atoms with E-state index in [0.717, 1.165) is 12.0 Å². The van der Waals surface area contributed by atoms with Gasteiger partial charge in [-0.3, -0.25) is 9.59 Å². The average molecular weight is 194 g/mol. The Morgan fingerprint density at radius 1 is 1.50 bits per heavy atom. The summed E-state index contributed by atoms with van der Waals surface area (Å²) in [5.74, 6) is -0.845. The molecular formula is C10H14N2O2. The summed E-state index contributed by atoms with van der Waals surface area (Å²) in [6, 6.07) is 1.95. The third-order valence-corrected chi connectivity index (χ3v) is 2.05. The summed E-state index contributed by atoms with van der Waals surface area (Å²) in [6.07, 6.45) is 4.48. The molecule has 1 rings (SSSR count). The van der Waals surface area contributed by atoms with Crippen molar-refractivity contribution < 1.29 is 9.59 Å². The van der Waals surface area contributed by atoms with Gasteiger partial charge in [0.2, 0.25) is 5.78 Å². The number of hydrogen-bond donors (Lipinski definition) is 1. The molecule has 1 N–H and O–H groups in total. The van der Waals surface area contributed by atoms with Crippen LogP contribution >= 0.6 is 0 Å². The van der Waals surface area contributed by atoms with Gasteiger partial charge in [-0.1, -0.05) is 0 Å². The molecule has 0 aromatic carbocycles. The maximum atomic E-state index is 11.2. The number of likely N-dealkylation sites (N-methyl/N-ethyl adjacent to an activating group) is 1. The molecule has 0 radical (unpaired) electrons. The van der Waals surface area contributed by atoms with Crippen LogP contribution in [0.5, 0.6) is 0 Å². The quantitative estimate of drug-likeness (QED) is 0.714. The molecule has 0 saturated carbocycles. The molecule has 0 atom stereocenters. The Hall–Kier alpha value is -1.58. The van der Waals surface area contributed by atoms with Crippen LogP contribution in [0.3, 0.4) is 0 Å². The fourth-order valence-corrected chi connectivity index (χ4v) is 1.18. The molecule has 0 aliphatic heterocycles. The Morgan fingerprint density at radius 2 is 2.21 bits per heavy atom. The normalized spacial score (nSPS) is 9.86. The summed E-state index contributed by atoms with van der Waals surface area (Å²) in [4.78, 5) is 26.3. The average Bonchev–Trinajstić information content (AvgIpc) is 2.65. The van der Waals surface area contributed by atoms with Crippen LogP contribution in [-0.4, -0.2) is 35.2 Å². The first-order valence-electron chi connectivity index (χ1n) is 4.49. The standard InChI is InChI=1S/C10H14N2O2/c1-8(13)10(14)12(2)6-4-9-3-5-11-7-9/h3,5,7,11H,4,6H2,1-2H3. The van der Waals surface area contributed by atoms with Crippen LogP contribution in [-0.2, 0) is 16.0 Å². The van der Waals surface area contributed by atoms with Crippen molar-refractivity contribution in [2.24, 2.45) is 0 Å². The summed E-state index contributed by atoms with van der Waals surface area (Å²) in [7, 11) is 1.64. The predicted molar refractivity (Wildman–Crippen MR) is 52.8 cm³/mol. The Bertz CT molecular complexity index is 317. The third-order valence-electron chi connectivity index (χ3n) is 2.05. The number of nitrogens with one attached hydrogen (secondary N) is 1. The van der Waals surface area contributed by atoms with Crippen molar-refractivity contribution in [3.63, 3.8) is 0 Å². The van der Waals surface area contributed by atoms with Crippen molar-refractivity contribution >= 4 is 11.7 Å². The molecule has 0 fully saturated rings. The molecular weight excluding hydrogens is 180 g/mol. The summed E-state index contributed by atoms with van der Waals surface area (Å²) >= 11 is 0. The minimum atomic E-state index is -0.430. The van der Waals surface area contributed by atoms with E-state index in [4.69, 9.17) is 0 Å². The van der Waals surface area contributed by atoms with Gasteiger partial charge in [-0.05, 0) is 18.1 Å². The topological polar surface area (TPSA) is 53.2 Å². The summed E-state index contributed by atoms with van der Waals surface area (Å²) in [5.41, 5.74) is 1.13. The summed E-state index contributed by atoms with van der Waals surface area (Å²) in [6.45, 7) is 1.85. The van der Waals surface area contributed by atoms with E-state index in [0.29, 0.717) is 6.54 Å². The lowest BCUT2D eigenvalue weighted by Crippen LogP contribution is -2.33. The minimum absolute atomic E-state index is 0.415. The van der Waals surface area contributed by atoms with Crippen molar-refractivity contribution in [1.82, 2.24) is 9.88 Å². The van der Waals surface area contributed by atoms with Gasteiger partial charge in [0.25, 0.3) is 5.91 Å². The number of nitrogens with zero attached hydrogens (tertiary/aromatic N) is 1. The monoisotopic (exact) mass is 194 g/mol. The maximum absolute atomic E-state index is 11.2. The molecule has 4 nitrogen and oxygen atoms in total. The second-order valence-electron chi connectivity index (χ2n) is 3.25. The van der Waals surface area contributed by atoms with Gasteiger partial charge in [0.1, 0.15) is 0 Å². The van der Waals surface area contributed by atoms with Crippen LogP contribution in [0, 0.1) is 0 Å². The van der Waals surface area contributed by atoms with Gasteiger partial charge in [-0.15, -0.1) is 0 Å². The highest BCUT2D eigenvalue weighted by atomic mass is 16.2. The fraction of sp³-hybridized carbons (Fsp3) is 0.400. The van der Waals surface area contributed by atoms with Crippen molar-refractivity contribution in [1.29, 1.82) is 0 Å². The Kier molecular flexibility index (Phi) is 3.45. The summed E-state index contributed by atoms with van der Waals surface area (Å²) < 4.78 is 0. The largest absolute Gasteiger partial charge is 0.367 e. The molecule has 1 heterocycles. The molecule has 0 aliphatic rings. The zero-order valence-corrected chi connectivity index (χ0v) is 8.41. The van der Waals surface area contributed by atoms with Crippen molar-refractivity contribution in [3.05, 3.63) is 24.0 Å². The first kappa shape index (κ1) is 10.5. The first-order valence-corrected chi connectivity index (χ1v) is 4.49. The number of H-pyrrole nitrogens is 1. The van der Waals surface area contributed by atoms with Crippen molar-refractivity contribution in [2.45, 2.75) is 13.3 Å². The van der Waals surface area contributed by atoms with E-state index in [1.54, 1.807) is 7.05 Å². The fourth-order valence-electron chi connectivity index (χ4n) is 1.18. The molecule has 0 aliphatic carbocycles. The number of amides is 1. The zero-order chi connectivity index (χ0) is 10.6. The molecule has 4 heteroatoms. The Morgan fingerprint density at radius 3 is 2.71 bits per heavy atom. The molecule has 0 saturated heterocycles. The zero-order valence-electron chi connectivity index (χ0n) is 8.41. The van der Waals surface area contributed by atoms with Crippen LogP contribution in [0.1, 0.15) is 12.5 Å².